The molecule has 1 saturated heterocycles. The van der Waals surface area contributed by atoms with E-state index in [9.17, 15) is 9.59 Å². The monoisotopic (exact) mass is 375 g/mol. The summed E-state index contributed by atoms with van der Waals surface area (Å²) in [7, 11) is 1.64. The van der Waals surface area contributed by atoms with Crippen molar-refractivity contribution in [1.29, 1.82) is 0 Å². The molecule has 1 aliphatic rings. The zero-order valence-corrected chi connectivity index (χ0v) is 15.6. The molecule has 1 aliphatic heterocycles. The van der Waals surface area contributed by atoms with E-state index in [2.05, 4.69) is 0 Å². The molecule has 28 heavy (non-hydrogen) atoms. The van der Waals surface area contributed by atoms with E-state index in [1.807, 2.05) is 66.7 Å². The van der Waals surface area contributed by atoms with Crippen LogP contribution >= 0.6 is 0 Å². The molecule has 5 nitrogen and oxygen atoms in total. The average Bonchev–Trinajstić information content (AvgIpc) is 3.08. The summed E-state index contributed by atoms with van der Waals surface area (Å²) in [6, 6.07) is 21.3. The lowest BCUT2D eigenvalue weighted by Gasteiger charge is -2.12. The van der Waals surface area contributed by atoms with Gasteiger partial charge in [0.15, 0.2) is 5.78 Å². The Kier molecular flexibility index (Phi) is 4.98. The van der Waals surface area contributed by atoms with Crippen molar-refractivity contribution < 1.29 is 19.1 Å². The molecule has 0 bridgehead atoms. The van der Waals surface area contributed by atoms with Gasteiger partial charge in [-0.25, -0.2) is 4.79 Å². The smallest absolute Gasteiger partial charge is 0.410 e. The van der Waals surface area contributed by atoms with Gasteiger partial charge in [0.25, 0.3) is 0 Å². The van der Waals surface area contributed by atoms with Crippen LogP contribution in [0, 0.1) is 0 Å². The number of fused-ring (bicyclic) bond motifs is 1. The highest BCUT2D eigenvalue weighted by Gasteiger charge is 2.33. The fourth-order valence-corrected chi connectivity index (χ4v) is 3.49. The van der Waals surface area contributed by atoms with Gasteiger partial charge in [-0.2, -0.15) is 0 Å². The van der Waals surface area contributed by atoms with Crippen LogP contribution in [0.1, 0.15) is 17.2 Å². The van der Waals surface area contributed by atoms with Gasteiger partial charge in [0.05, 0.1) is 20.2 Å². The summed E-state index contributed by atoms with van der Waals surface area (Å²) in [4.78, 5) is 26.1. The number of carbonyl (C=O) groups is 2. The lowest BCUT2D eigenvalue weighted by molar-refractivity contribution is -0.118. The Morgan fingerprint density at radius 2 is 1.82 bits per heavy atom. The molecule has 4 rings (SSSR count). The van der Waals surface area contributed by atoms with Crippen molar-refractivity contribution in [3.05, 3.63) is 77.9 Å². The minimum atomic E-state index is -0.437. The third kappa shape index (κ3) is 3.83. The van der Waals surface area contributed by atoms with Crippen LogP contribution in [0.5, 0.6) is 5.75 Å². The highest BCUT2D eigenvalue weighted by Crippen LogP contribution is 2.26. The van der Waals surface area contributed by atoms with Crippen LogP contribution in [-0.4, -0.2) is 37.0 Å². The molecule has 0 N–H and O–H groups in total. The summed E-state index contributed by atoms with van der Waals surface area (Å²) in [5.41, 5.74) is 1.87. The van der Waals surface area contributed by atoms with Gasteiger partial charge in [-0.15, -0.1) is 0 Å². The zero-order chi connectivity index (χ0) is 19.5. The topological polar surface area (TPSA) is 55.8 Å². The van der Waals surface area contributed by atoms with Gasteiger partial charge in [0.2, 0.25) is 0 Å². The van der Waals surface area contributed by atoms with E-state index < -0.39 is 6.09 Å². The van der Waals surface area contributed by atoms with Gasteiger partial charge >= 0.3 is 6.09 Å². The number of hydrogen-bond acceptors (Lipinski definition) is 4. The van der Waals surface area contributed by atoms with Gasteiger partial charge < -0.3 is 9.47 Å². The lowest BCUT2D eigenvalue weighted by atomic mass is 10.0. The Balaban J connectivity index is 1.40. The molecule has 1 heterocycles. The molecule has 5 heteroatoms. The first kappa shape index (κ1) is 18.0. The number of Topliss-reactive ketones (excluding diaryl/α,β-unsaturated/α-hetero) is 1. The van der Waals surface area contributed by atoms with Crippen LogP contribution in [-0.2, 0) is 16.0 Å². The first-order chi connectivity index (χ1) is 13.6. The Labute approximate surface area is 163 Å². The maximum Gasteiger partial charge on any atom is 0.410 e. The second-order valence-corrected chi connectivity index (χ2v) is 6.93. The molecule has 0 spiro atoms. The summed E-state index contributed by atoms with van der Waals surface area (Å²) in [5, 5.41) is 2.11. The molecule has 0 saturated carbocycles. The number of ketones is 1. The minimum Gasteiger partial charge on any atom is -0.497 e. The molecular formula is C23H21NO4. The van der Waals surface area contributed by atoms with Crippen molar-refractivity contribution in [2.45, 2.75) is 12.5 Å². The summed E-state index contributed by atoms with van der Waals surface area (Å²) in [6.45, 7) is 0.453. The number of methoxy groups -OCH3 is 1. The lowest BCUT2D eigenvalue weighted by Crippen LogP contribution is -2.31. The molecule has 3 aromatic carbocycles. The first-order valence-electron chi connectivity index (χ1n) is 9.21. The molecule has 3 aromatic rings. The number of amides is 1. The summed E-state index contributed by atoms with van der Waals surface area (Å²) >= 11 is 0. The number of hydrogen-bond donors (Lipinski definition) is 0. The molecule has 1 amide bonds. The normalized spacial score (nSPS) is 16.2. The summed E-state index contributed by atoms with van der Waals surface area (Å²) in [6.07, 6.45) is -0.480. The van der Waals surface area contributed by atoms with Crippen LogP contribution in [0.2, 0.25) is 0 Å². The Morgan fingerprint density at radius 1 is 1.07 bits per heavy atom. The van der Waals surface area contributed by atoms with Crippen molar-refractivity contribution in [1.82, 2.24) is 4.90 Å². The second-order valence-electron chi connectivity index (χ2n) is 6.93. The average molecular weight is 375 g/mol. The molecule has 142 valence electrons. The van der Waals surface area contributed by atoms with E-state index in [0.717, 1.165) is 27.6 Å². The van der Waals surface area contributed by atoms with Gasteiger partial charge in [0.1, 0.15) is 11.9 Å². The number of benzene rings is 3. The number of carbonyl (C=O) groups excluding carboxylic acids is 2. The second kappa shape index (κ2) is 7.72. The van der Waals surface area contributed by atoms with Crippen molar-refractivity contribution >= 4 is 22.6 Å². The van der Waals surface area contributed by atoms with Gasteiger partial charge in [-0.05, 0) is 34.0 Å². The van der Waals surface area contributed by atoms with Crippen molar-refractivity contribution in [3.8, 4) is 5.75 Å². The van der Waals surface area contributed by atoms with Crippen LogP contribution in [0.25, 0.3) is 10.8 Å². The van der Waals surface area contributed by atoms with Crippen LogP contribution in [0.3, 0.4) is 0 Å². The Morgan fingerprint density at radius 3 is 2.61 bits per heavy atom. The van der Waals surface area contributed by atoms with Gasteiger partial charge in [-0.1, -0.05) is 54.6 Å². The van der Waals surface area contributed by atoms with E-state index in [-0.39, 0.29) is 24.9 Å². The van der Waals surface area contributed by atoms with Crippen molar-refractivity contribution in [2.75, 3.05) is 20.2 Å². The standard InChI is InChI=1S/C23H21NO4/c1-27-21-10-9-18-11-16(7-8-19(18)13-21)12-20(25)14-24-15-22(28-23(24)26)17-5-3-2-4-6-17/h2-11,13,22H,12,14-15H2,1H3. The van der Waals surface area contributed by atoms with Crippen LogP contribution in [0.4, 0.5) is 4.79 Å². The van der Waals surface area contributed by atoms with E-state index in [0.29, 0.717) is 6.54 Å². The van der Waals surface area contributed by atoms with Crippen molar-refractivity contribution in [2.24, 2.45) is 0 Å². The first-order valence-corrected chi connectivity index (χ1v) is 9.21. The predicted molar refractivity (Wildman–Crippen MR) is 106 cm³/mol. The van der Waals surface area contributed by atoms with E-state index in [1.165, 1.54) is 4.90 Å². The predicted octanol–water partition coefficient (Wildman–Crippen LogP) is 4.15. The zero-order valence-electron chi connectivity index (χ0n) is 15.6. The molecule has 1 unspecified atom stereocenters. The minimum absolute atomic E-state index is 0.0153. The van der Waals surface area contributed by atoms with Crippen LogP contribution in [0.15, 0.2) is 66.7 Å². The van der Waals surface area contributed by atoms with Gasteiger partial charge in [0, 0.05) is 6.42 Å². The number of nitrogens with zero attached hydrogens (tertiary/aromatic N) is 1. The fourth-order valence-electron chi connectivity index (χ4n) is 3.49. The maximum absolute atomic E-state index is 12.5. The van der Waals surface area contributed by atoms with Crippen LogP contribution < -0.4 is 4.74 Å². The Bertz CT molecular complexity index is 1020. The summed E-state index contributed by atoms with van der Waals surface area (Å²) < 4.78 is 10.7. The van der Waals surface area contributed by atoms with Crippen molar-refractivity contribution in [3.63, 3.8) is 0 Å². The van der Waals surface area contributed by atoms with E-state index in [4.69, 9.17) is 9.47 Å². The fraction of sp³-hybridized carbons (Fsp3) is 0.217. The Hall–Kier alpha value is -3.34. The third-order valence-corrected chi connectivity index (χ3v) is 4.94. The number of rotatable bonds is 6. The molecule has 0 radical (unpaired) electrons. The highest BCUT2D eigenvalue weighted by atomic mass is 16.6. The van der Waals surface area contributed by atoms with Gasteiger partial charge in [-0.3, -0.25) is 9.69 Å². The molecule has 1 fully saturated rings. The van der Waals surface area contributed by atoms with E-state index in [1.54, 1.807) is 7.11 Å². The molecule has 1 atom stereocenters. The quantitative estimate of drug-likeness (QED) is 0.649. The molecule has 0 aliphatic carbocycles. The number of cyclic esters (lactones) is 1. The third-order valence-electron chi connectivity index (χ3n) is 4.94. The summed E-state index contributed by atoms with van der Waals surface area (Å²) in [5.74, 6) is 0.787. The molecular weight excluding hydrogens is 354 g/mol. The highest BCUT2D eigenvalue weighted by molar-refractivity contribution is 5.89. The maximum atomic E-state index is 12.5. The molecule has 0 aromatic heterocycles. The number of ether oxygens (including phenoxy) is 2. The SMILES string of the molecule is COc1ccc2cc(CC(=O)CN3CC(c4ccccc4)OC3=O)ccc2c1. The van der Waals surface area contributed by atoms with E-state index >= 15 is 0 Å². The largest absolute Gasteiger partial charge is 0.497 e.